The van der Waals surface area contributed by atoms with Gasteiger partial charge >= 0.3 is 6.03 Å². The number of aryl methyl sites for hydroxylation is 2. The number of hydrogen-bond acceptors (Lipinski definition) is 7. The molecule has 1 aliphatic rings. The molecule has 0 saturated carbocycles. The van der Waals surface area contributed by atoms with E-state index < -0.39 is 0 Å². The van der Waals surface area contributed by atoms with Crippen LogP contribution in [0, 0.1) is 6.92 Å². The third-order valence-corrected chi connectivity index (χ3v) is 5.46. The Morgan fingerprint density at radius 3 is 3.07 bits per heavy atom. The van der Waals surface area contributed by atoms with Crippen molar-refractivity contribution in [1.29, 1.82) is 0 Å². The largest absolute Gasteiger partial charge is 0.494 e. The molecule has 0 radical (unpaired) electrons. The number of hydrogen-bond donors (Lipinski definition) is 2. The van der Waals surface area contributed by atoms with Crippen molar-refractivity contribution in [3.05, 3.63) is 40.1 Å². The third-order valence-electron chi connectivity index (χ3n) is 4.41. The maximum absolute atomic E-state index is 12.5. The van der Waals surface area contributed by atoms with Crippen molar-refractivity contribution < 1.29 is 9.53 Å². The van der Waals surface area contributed by atoms with Crippen LogP contribution in [0.2, 0.25) is 0 Å². The highest BCUT2D eigenvalue weighted by Gasteiger charge is 2.25. The van der Waals surface area contributed by atoms with Gasteiger partial charge in [-0.1, -0.05) is 0 Å². The zero-order chi connectivity index (χ0) is 18.8. The summed E-state index contributed by atoms with van der Waals surface area (Å²) in [6.07, 6.45) is 4.46. The molecule has 2 N–H and O–H groups in total. The van der Waals surface area contributed by atoms with Crippen LogP contribution in [-0.4, -0.2) is 38.3 Å². The number of tetrazole rings is 1. The molecule has 9 nitrogen and oxygen atoms in total. The summed E-state index contributed by atoms with van der Waals surface area (Å²) in [7, 11) is 1.55. The lowest BCUT2D eigenvalue weighted by molar-refractivity contribution is 0.246. The van der Waals surface area contributed by atoms with Crippen LogP contribution in [0.4, 0.5) is 10.5 Å². The van der Waals surface area contributed by atoms with E-state index in [9.17, 15) is 4.79 Å². The number of fused-ring (bicyclic) bond motifs is 1. The molecule has 10 heteroatoms. The van der Waals surface area contributed by atoms with Gasteiger partial charge in [-0.15, -0.1) is 16.4 Å². The van der Waals surface area contributed by atoms with Gasteiger partial charge in [-0.05, 0) is 48.7 Å². The van der Waals surface area contributed by atoms with Crippen LogP contribution in [0.3, 0.4) is 0 Å². The highest BCUT2D eigenvalue weighted by Crippen LogP contribution is 2.33. The van der Waals surface area contributed by atoms with Gasteiger partial charge in [0, 0.05) is 10.9 Å². The number of rotatable bonds is 4. The molecule has 0 bridgehead atoms. The number of ether oxygens (including phenoxy) is 1. The quantitative estimate of drug-likeness (QED) is 0.715. The van der Waals surface area contributed by atoms with E-state index in [-0.39, 0.29) is 12.1 Å². The molecule has 1 atom stereocenters. The molecule has 1 aliphatic carbocycles. The Bertz CT molecular complexity index is 954. The zero-order valence-corrected chi connectivity index (χ0v) is 15.8. The Kier molecular flexibility index (Phi) is 4.71. The molecular weight excluding hydrogens is 366 g/mol. The third kappa shape index (κ3) is 3.61. The maximum atomic E-state index is 12.5. The monoisotopic (exact) mass is 385 g/mol. The molecular formula is C17H19N7O2S. The lowest BCUT2D eigenvalue weighted by Crippen LogP contribution is -2.34. The smallest absolute Gasteiger partial charge is 0.319 e. The first-order chi connectivity index (χ1) is 13.1. The van der Waals surface area contributed by atoms with Gasteiger partial charge in [-0.3, -0.25) is 0 Å². The average molecular weight is 385 g/mol. The Labute approximate surface area is 159 Å². The van der Waals surface area contributed by atoms with E-state index in [4.69, 9.17) is 4.74 Å². The van der Waals surface area contributed by atoms with E-state index in [1.165, 1.54) is 15.9 Å². The normalized spacial score (nSPS) is 15.9. The van der Waals surface area contributed by atoms with Crippen molar-refractivity contribution in [3.63, 3.8) is 0 Å². The van der Waals surface area contributed by atoms with E-state index in [1.807, 2.05) is 6.92 Å². The summed E-state index contributed by atoms with van der Waals surface area (Å²) >= 11 is 1.71. The molecule has 2 amide bonds. The van der Waals surface area contributed by atoms with Crippen molar-refractivity contribution >= 4 is 23.1 Å². The molecule has 4 rings (SSSR count). The highest BCUT2D eigenvalue weighted by atomic mass is 32.1. The predicted molar refractivity (Wildman–Crippen MR) is 100 cm³/mol. The predicted octanol–water partition coefficient (Wildman–Crippen LogP) is 2.63. The molecule has 1 unspecified atom stereocenters. The van der Waals surface area contributed by atoms with E-state index in [1.54, 1.807) is 36.6 Å². The molecule has 0 saturated heterocycles. The molecule has 2 aromatic heterocycles. The van der Waals surface area contributed by atoms with Gasteiger partial charge in [0.05, 0.1) is 35.2 Å². The fourth-order valence-electron chi connectivity index (χ4n) is 3.20. The lowest BCUT2D eigenvalue weighted by atomic mass is 9.98. The van der Waals surface area contributed by atoms with Crippen molar-refractivity contribution in [3.8, 4) is 11.4 Å². The topological polar surface area (TPSA) is 107 Å². The fraction of sp³-hybridized carbons (Fsp3) is 0.353. The van der Waals surface area contributed by atoms with Crippen LogP contribution >= 0.6 is 11.3 Å². The summed E-state index contributed by atoms with van der Waals surface area (Å²) in [4.78, 5) is 18.4. The lowest BCUT2D eigenvalue weighted by Gasteiger charge is -2.22. The number of methoxy groups -OCH3 is 1. The van der Waals surface area contributed by atoms with Gasteiger partial charge in [-0.25, -0.2) is 14.5 Å². The number of anilines is 1. The molecule has 3 aromatic rings. The van der Waals surface area contributed by atoms with E-state index in [0.29, 0.717) is 11.4 Å². The molecule has 0 fully saturated rings. The van der Waals surface area contributed by atoms with Gasteiger partial charge in [0.25, 0.3) is 0 Å². The van der Waals surface area contributed by atoms with Crippen LogP contribution in [0.15, 0.2) is 24.5 Å². The number of benzene rings is 1. The minimum Gasteiger partial charge on any atom is -0.494 e. The summed E-state index contributed by atoms with van der Waals surface area (Å²) in [5.74, 6) is 0.520. The standard InChI is InChI=1S/C17H19N7O2S/c1-10-19-16-13(4-3-5-15(16)27-10)21-17(25)20-12-7-6-11(8-14(12)26-2)24-9-18-22-23-24/h6-9,13H,3-5H2,1-2H3,(H2,20,21,25). The molecule has 140 valence electrons. The summed E-state index contributed by atoms with van der Waals surface area (Å²) in [6, 6.07) is 4.97. The van der Waals surface area contributed by atoms with Crippen LogP contribution in [0.25, 0.3) is 5.69 Å². The molecule has 1 aromatic carbocycles. The van der Waals surface area contributed by atoms with Crippen molar-refractivity contribution in [2.24, 2.45) is 0 Å². The van der Waals surface area contributed by atoms with Gasteiger partial charge < -0.3 is 15.4 Å². The number of amides is 2. The van der Waals surface area contributed by atoms with Crippen molar-refractivity contribution in [2.45, 2.75) is 32.2 Å². The number of carbonyl (C=O) groups is 1. The Balaban J connectivity index is 1.48. The SMILES string of the molecule is COc1cc(-n2cnnn2)ccc1NC(=O)NC1CCCc2sc(C)nc21. The van der Waals surface area contributed by atoms with Crippen LogP contribution in [0.1, 0.15) is 34.5 Å². The van der Waals surface area contributed by atoms with Crippen molar-refractivity contribution in [2.75, 3.05) is 12.4 Å². The van der Waals surface area contributed by atoms with Crippen molar-refractivity contribution in [1.82, 2.24) is 30.5 Å². The fourth-order valence-corrected chi connectivity index (χ4v) is 4.24. The van der Waals surface area contributed by atoms with Crippen LogP contribution < -0.4 is 15.4 Å². The number of nitrogens with zero attached hydrogens (tertiary/aromatic N) is 5. The molecule has 27 heavy (non-hydrogen) atoms. The summed E-state index contributed by atoms with van der Waals surface area (Å²) < 4.78 is 6.91. The highest BCUT2D eigenvalue weighted by molar-refractivity contribution is 7.11. The van der Waals surface area contributed by atoms with E-state index in [2.05, 4.69) is 31.1 Å². The van der Waals surface area contributed by atoms with Gasteiger partial charge in [0.1, 0.15) is 12.1 Å². The minimum absolute atomic E-state index is 0.0646. The average Bonchev–Trinajstić information content (AvgIpc) is 3.31. The molecule has 0 aliphatic heterocycles. The summed E-state index contributed by atoms with van der Waals surface area (Å²) in [6.45, 7) is 2.00. The first kappa shape index (κ1) is 17.4. The number of urea groups is 1. The number of thiazole rings is 1. The zero-order valence-electron chi connectivity index (χ0n) is 15.0. The van der Waals surface area contributed by atoms with Crippen LogP contribution in [-0.2, 0) is 6.42 Å². The number of aromatic nitrogens is 5. The second kappa shape index (κ2) is 7.31. The number of nitrogens with one attached hydrogen (secondary N) is 2. The number of carbonyl (C=O) groups excluding carboxylic acids is 1. The second-order valence-electron chi connectivity index (χ2n) is 6.22. The van der Waals surface area contributed by atoms with E-state index >= 15 is 0 Å². The van der Waals surface area contributed by atoms with Crippen LogP contribution in [0.5, 0.6) is 5.75 Å². The first-order valence-electron chi connectivity index (χ1n) is 8.59. The van der Waals surface area contributed by atoms with E-state index in [0.717, 1.165) is 35.7 Å². The Morgan fingerprint density at radius 1 is 1.41 bits per heavy atom. The first-order valence-corrected chi connectivity index (χ1v) is 9.41. The maximum Gasteiger partial charge on any atom is 0.319 e. The summed E-state index contributed by atoms with van der Waals surface area (Å²) in [5, 5.41) is 18.0. The Hall–Kier alpha value is -3.01. The van der Waals surface area contributed by atoms with Gasteiger partial charge in [-0.2, -0.15) is 0 Å². The second-order valence-corrected chi connectivity index (χ2v) is 7.51. The summed E-state index contributed by atoms with van der Waals surface area (Å²) in [5.41, 5.74) is 2.30. The van der Waals surface area contributed by atoms with Gasteiger partial charge in [0.15, 0.2) is 0 Å². The molecule has 0 spiro atoms. The minimum atomic E-state index is -0.285. The van der Waals surface area contributed by atoms with Gasteiger partial charge in [0.2, 0.25) is 0 Å². The molecule has 2 heterocycles. The Morgan fingerprint density at radius 2 is 2.30 bits per heavy atom.